The summed E-state index contributed by atoms with van der Waals surface area (Å²) in [4.78, 5) is 33.2. The van der Waals surface area contributed by atoms with Crippen LogP contribution in [0.2, 0.25) is 0 Å². The van der Waals surface area contributed by atoms with Gasteiger partial charge in [0.25, 0.3) is 5.91 Å². The van der Waals surface area contributed by atoms with Crippen molar-refractivity contribution >= 4 is 11.8 Å². The predicted octanol–water partition coefficient (Wildman–Crippen LogP) is 3.98. The molecule has 1 aromatic heterocycles. The number of amides is 2. The summed E-state index contributed by atoms with van der Waals surface area (Å²) in [5.74, 6) is 1.33. The Kier molecular flexibility index (Phi) is 7.22. The number of carbonyl (C=O) groups excluding carboxylic acids is 2. The van der Waals surface area contributed by atoms with E-state index in [1.54, 1.807) is 18.3 Å². The van der Waals surface area contributed by atoms with Gasteiger partial charge in [0.05, 0.1) is 5.56 Å². The molecule has 0 bridgehead atoms. The van der Waals surface area contributed by atoms with Crippen LogP contribution in [0, 0.1) is 5.92 Å². The summed E-state index contributed by atoms with van der Waals surface area (Å²) in [6.07, 6.45) is 5.08. The molecule has 1 saturated heterocycles. The van der Waals surface area contributed by atoms with E-state index in [1.165, 1.54) is 0 Å². The maximum atomic E-state index is 12.8. The van der Waals surface area contributed by atoms with Gasteiger partial charge in [0.15, 0.2) is 0 Å². The molecule has 0 saturated carbocycles. The third-order valence-electron chi connectivity index (χ3n) is 5.30. The lowest BCUT2D eigenvalue weighted by Gasteiger charge is -2.33. The monoisotopic (exact) mass is 395 g/mol. The lowest BCUT2D eigenvalue weighted by Crippen LogP contribution is -2.43. The number of likely N-dealkylation sites (tertiary alicyclic amines) is 1. The second-order valence-corrected chi connectivity index (χ2v) is 7.48. The van der Waals surface area contributed by atoms with Crippen LogP contribution in [0.3, 0.4) is 0 Å². The predicted molar refractivity (Wildman–Crippen MR) is 112 cm³/mol. The maximum Gasteiger partial charge on any atom is 0.255 e. The molecule has 1 aliphatic rings. The molecule has 29 heavy (non-hydrogen) atoms. The third kappa shape index (κ3) is 5.56. The summed E-state index contributed by atoms with van der Waals surface area (Å²) in [6.45, 7) is 4.12. The zero-order chi connectivity index (χ0) is 20.6. The van der Waals surface area contributed by atoms with Crippen molar-refractivity contribution in [2.75, 3.05) is 26.7 Å². The second kappa shape index (κ2) is 10.0. The van der Waals surface area contributed by atoms with E-state index in [9.17, 15) is 9.59 Å². The Morgan fingerprint density at radius 3 is 2.48 bits per heavy atom. The highest BCUT2D eigenvalue weighted by atomic mass is 16.5. The van der Waals surface area contributed by atoms with Crippen LogP contribution < -0.4 is 4.74 Å². The number of pyridine rings is 1. The SMILES string of the molecule is CCCCN(C)C(=O)C1CCN(C(=O)c2ccc(Oc3ccccc3)nc2)CC1. The average Bonchev–Trinajstić information content (AvgIpc) is 2.78. The van der Waals surface area contributed by atoms with E-state index in [-0.39, 0.29) is 17.7 Å². The standard InChI is InChI=1S/C23H29N3O3/c1-3-4-14-25(2)22(27)18-12-15-26(16-13-18)23(28)19-10-11-21(24-17-19)29-20-8-6-5-7-9-20/h5-11,17-18H,3-4,12-16H2,1-2H3. The minimum absolute atomic E-state index is 0.0145. The Morgan fingerprint density at radius 1 is 1.14 bits per heavy atom. The van der Waals surface area contributed by atoms with E-state index in [2.05, 4.69) is 11.9 Å². The van der Waals surface area contributed by atoms with Crippen molar-refractivity contribution in [3.63, 3.8) is 0 Å². The number of ether oxygens (including phenoxy) is 1. The molecular weight excluding hydrogens is 366 g/mol. The highest BCUT2D eigenvalue weighted by Crippen LogP contribution is 2.22. The van der Waals surface area contributed by atoms with Crippen molar-refractivity contribution in [3.8, 4) is 11.6 Å². The van der Waals surface area contributed by atoms with Crippen LogP contribution in [0.15, 0.2) is 48.7 Å². The number of hydrogen-bond acceptors (Lipinski definition) is 4. The number of aromatic nitrogens is 1. The van der Waals surface area contributed by atoms with E-state index >= 15 is 0 Å². The summed E-state index contributed by atoms with van der Waals surface area (Å²) in [6, 6.07) is 12.9. The minimum atomic E-state index is -0.0472. The van der Waals surface area contributed by atoms with E-state index in [1.807, 2.05) is 47.2 Å². The topological polar surface area (TPSA) is 62.7 Å². The van der Waals surface area contributed by atoms with E-state index in [4.69, 9.17) is 4.74 Å². The van der Waals surface area contributed by atoms with Gasteiger partial charge in [0.1, 0.15) is 5.75 Å². The highest BCUT2D eigenvalue weighted by Gasteiger charge is 2.29. The number of para-hydroxylation sites is 1. The molecule has 0 spiro atoms. The number of nitrogens with zero attached hydrogens (tertiary/aromatic N) is 3. The van der Waals surface area contributed by atoms with Crippen LogP contribution >= 0.6 is 0 Å². The molecule has 0 N–H and O–H groups in total. The molecule has 3 rings (SSSR count). The molecule has 6 heteroatoms. The van der Waals surface area contributed by atoms with Gasteiger partial charge in [-0.2, -0.15) is 0 Å². The van der Waals surface area contributed by atoms with Crippen LogP contribution in [0.1, 0.15) is 43.0 Å². The first-order valence-corrected chi connectivity index (χ1v) is 10.3. The smallest absolute Gasteiger partial charge is 0.255 e. The fourth-order valence-electron chi connectivity index (χ4n) is 3.51. The summed E-state index contributed by atoms with van der Waals surface area (Å²) >= 11 is 0. The number of unbranched alkanes of at least 4 members (excludes halogenated alkanes) is 1. The fourth-order valence-corrected chi connectivity index (χ4v) is 3.51. The first kappa shape index (κ1) is 20.8. The molecule has 0 aliphatic carbocycles. The Morgan fingerprint density at radius 2 is 1.86 bits per heavy atom. The number of rotatable bonds is 7. The van der Waals surface area contributed by atoms with E-state index in [0.29, 0.717) is 43.1 Å². The molecule has 2 amide bonds. The molecule has 0 atom stereocenters. The fraction of sp³-hybridized carbons (Fsp3) is 0.435. The quantitative estimate of drug-likeness (QED) is 0.711. The molecule has 0 radical (unpaired) electrons. The summed E-state index contributed by atoms with van der Waals surface area (Å²) in [5.41, 5.74) is 0.537. The minimum Gasteiger partial charge on any atom is -0.439 e. The number of benzene rings is 1. The van der Waals surface area contributed by atoms with Crippen LogP contribution in [0.5, 0.6) is 11.6 Å². The number of hydrogen-bond donors (Lipinski definition) is 0. The van der Waals surface area contributed by atoms with Crippen molar-refractivity contribution < 1.29 is 14.3 Å². The summed E-state index contributed by atoms with van der Waals surface area (Å²) in [5, 5.41) is 0. The Balaban J connectivity index is 1.52. The molecule has 154 valence electrons. The van der Waals surface area contributed by atoms with Crippen LogP contribution in [-0.4, -0.2) is 53.3 Å². The Hall–Kier alpha value is -2.89. The molecule has 2 aromatic rings. The molecule has 6 nitrogen and oxygen atoms in total. The normalized spacial score (nSPS) is 14.5. The summed E-state index contributed by atoms with van der Waals surface area (Å²) < 4.78 is 5.67. The second-order valence-electron chi connectivity index (χ2n) is 7.48. The molecule has 1 fully saturated rings. The molecule has 1 aliphatic heterocycles. The maximum absolute atomic E-state index is 12.8. The van der Waals surface area contributed by atoms with Gasteiger partial charge in [0.2, 0.25) is 11.8 Å². The van der Waals surface area contributed by atoms with Crippen molar-refractivity contribution in [3.05, 3.63) is 54.2 Å². The van der Waals surface area contributed by atoms with Gasteiger partial charge in [-0.1, -0.05) is 31.5 Å². The van der Waals surface area contributed by atoms with Crippen molar-refractivity contribution in [1.82, 2.24) is 14.8 Å². The van der Waals surface area contributed by atoms with Gasteiger partial charge in [-0.3, -0.25) is 9.59 Å². The van der Waals surface area contributed by atoms with Gasteiger partial charge in [-0.15, -0.1) is 0 Å². The third-order valence-corrected chi connectivity index (χ3v) is 5.30. The first-order valence-electron chi connectivity index (χ1n) is 10.3. The number of piperidine rings is 1. The average molecular weight is 396 g/mol. The van der Waals surface area contributed by atoms with E-state index in [0.717, 1.165) is 19.4 Å². The van der Waals surface area contributed by atoms with Gasteiger partial charge < -0.3 is 14.5 Å². The van der Waals surface area contributed by atoms with Crippen LogP contribution in [0.25, 0.3) is 0 Å². The lowest BCUT2D eigenvalue weighted by molar-refractivity contribution is -0.135. The first-order chi connectivity index (χ1) is 14.1. The van der Waals surface area contributed by atoms with Crippen molar-refractivity contribution in [2.45, 2.75) is 32.6 Å². The lowest BCUT2D eigenvalue weighted by atomic mass is 9.95. The molecule has 2 heterocycles. The molecule has 1 aromatic carbocycles. The van der Waals surface area contributed by atoms with Gasteiger partial charge in [-0.25, -0.2) is 4.98 Å². The Labute approximate surface area is 172 Å². The highest BCUT2D eigenvalue weighted by molar-refractivity contribution is 5.94. The number of carbonyl (C=O) groups is 2. The van der Waals surface area contributed by atoms with Gasteiger partial charge in [-0.05, 0) is 37.5 Å². The molecular formula is C23H29N3O3. The van der Waals surface area contributed by atoms with Crippen molar-refractivity contribution in [2.24, 2.45) is 5.92 Å². The zero-order valence-electron chi connectivity index (χ0n) is 17.2. The van der Waals surface area contributed by atoms with Gasteiger partial charge >= 0.3 is 0 Å². The molecule has 0 unspecified atom stereocenters. The van der Waals surface area contributed by atoms with Crippen LogP contribution in [0.4, 0.5) is 0 Å². The zero-order valence-corrected chi connectivity index (χ0v) is 17.2. The van der Waals surface area contributed by atoms with Gasteiger partial charge in [0, 0.05) is 44.9 Å². The van der Waals surface area contributed by atoms with E-state index < -0.39 is 0 Å². The summed E-state index contributed by atoms with van der Waals surface area (Å²) in [7, 11) is 1.88. The Bertz CT molecular complexity index is 800. The van der Waals surface area contributed by atoms with Crippen LogP contribution in [-0.2, 0) is 4.79 Å². The largest absolute Gasteiger partial charge is 0.439 e. The van der Waals surface area contributed by atoms with Crippen molar-refractivity contribution in [1.29, 1.82) is 0 Å².